The van der Waals surface area contributed by atoms with E-state index in [4.69, 9.17) is 0 Å². The minimum Gasteiger partial charge on any atom is -0.326 e. The number of amides is 1. The summed E-state index contributed by atoms with van der Waals surface area (Å²) in [5.41, 5.74) is 4.98. The molecule has 0 fully saturated rings. The van der Waals surface area contributed by atoms with E-state index in [-0.39, 0.29) is 17.2 Å². The summed E-state index contributed by atoms with van der Waals surface area (Å²) in [4.78, 5) is 12.4. The fourth-order valence-corrected chi connectivity index (χ4v) is 3.99. The van der Waals surface area contributed by atoms with E-state index in [9.17, 15) is 13.2 Å². The van der Waals surface area contributed by atoms with Crippen LogP contribution in [-0.2, 0) is 21.2 Å². The van der Waals surface area contributed by atoms with Crippen LogP contribution in [0.1, 0.15) is 22.3 Å². The van der Waals surface area contributed by atoms with Crippen LogP contribution in [0.25, 0.3) is 0 Å². The molecule has 0 spiro atoms. The largest absolute Gasteiger partial charge is 0.326 e. The number of hydrogen-bond acceptors (Lipinski definition) is 3. The maximum atomic E-state index is 12.7. The van der Waals surface area contributed by atoms with Crippen molar-refractivity contribution in [1.29, 1.82) is 0 Å². The standard InChI is InChI=1S/C23H24N2O3S/c1-16-5-8-19(9-6-16)15-23(26)24-20-10-12-21(13-11-20)29(27,28)25-22-14-17(2)4-7-18(22)3/h4-14,25H,15H2,1-3H3,(H,24,26). The Morgan fingerprint density at radius 2 is 1.45 bits per heavy atom. The molecule has 0 bridgehead atoms. The molecule has 3 aromatic carbocycles. The molecule has 0 aromatic heterocycles. The lowest BCUT2D eigenvalue weighted by Crippen LogP contribution is -2.15. The molecule has 150 valence electrons. The number of anilines is 2. The van der Waals surface area contributed by atoms with Crippen LogP contribution >= 0.6 is 0 Å². The lowest BCUT2D eigenvalue weighted by molar-refractivity contribution is -0.115. The van der Waals surface area contributed by atoms with Crippen molar-refractivity contribution in [3.8, 4) is 0 Å². The van der Waals surface area contributed by atoms with Crippen LogP contribution in [0, 0.1) is 20.8 Å². The first-order chi connectivity index (χ1) is 13.7. The van der Waals surface area contributed by atoms with Gasteiger partial charge in [0.15, 0.2) is 0 Å². The molecule has 0 saturated carbocycles. The van der Waals surface area contributed by atoms with Crippen LogP contribution in [0.5, 0.6) is 0 Å². The zero-order chi connectivity index (χ0) is 21.0. The van der Waals surface area contributed by atoms with Crippen LogP contribution in [0.4, 0.5) is 11.4 Å². The monoisotopic (exact) mass is 408 g/mol. The Morgan fingerprint density at radius 1 is 0.828 bits per heavy atom. The van der Waals surface area contributed by atoms with Gasteiger partial charge in [-0.25, -0.2) is 8.42 Å². The van der Waals surface area contributed by atoms with Crippen LogP contribution < -0.4 is 10.0 Å². The van der Waals surface area contributed by atoms with E-state index in [1.54, 1.807) is 18.2 Å². The van der Waals surface area contributed by atoms with Crippen molar-refractivity contribution in [3.05, 3.63) is 89.0 Å². The lowest BCUT2D eigenvalue weighted by atomic mass is 10.1. The highest BCUT2D eigenvalue weighted by atomic mass is 32.2. The van der Waals surface area contributed by atoms with Crippen molar-refractivity contribution in [2.45, 2.75) is 32.1 Å². The molecular formula is C23H24N2O3S. The summed E-state index contributed by atoms with van der Waals surface area (Å²) >= 11 is 0. The first kappa shape index (κ1) is 20.6. The number of carbonyl (C=O) groups is 1. The van der Waals surface area contributed by atoms with Gasteiger partial charge in [-0.3, -0.25) is 9.52 Å². The maximum Gasteiger partial charge on any atom is 0.261 e. The summed E-state index contributed by atoms with van der Waals surface area (Å²) in [6.07, 6.45) is 0.258. The van der Waals surface area contributed by atoms with Gasteiger partial charge in [-0.05, 0) is 67.8 Å². The van der Waals surface area contributed by atoms with Crippen molar-refractivity contribution < 1.29 is 13.2 Å². The Morgan fingerprint density at radius 3 is 2.10 bits per heavy atom. The van der Waals surface area contributed by atoms with Gasteiger partial charge in [0.2, 0.25) is 5.91 Å². The second kappa shape index (κ2) is 8.49. The summed E-state index contributed by atoms with van der Waals surface area (Å²) in [6, 6.07) is 19.5. The molecule has 1 amide bonds. The van der Waals surface area contributed by atoms with Gasteiger partial charge in [-0.2, -0.15) is 0 Å². The molecule has 0 radical (unpaired) electrons. The van der Waals surface area contributed by atoms with Crippen molar-refractivity contribution >= 4 is 27.3 Å². The van der Waals surface area contributed by atoms with Gasteiger partial charge in [0, 0.05) is 5.69 Å². The van der Waals surface area contributed by atoms with E-state index in [0.717, 1.165) is 22.3 Å². The molecule has 3 aromatic rings. The summed E-state index contributed by atoms with van der Waals surface area (Å²) in [7, 11) is -3.71. The number of sulfonamides is 1. The summed E-state index contributed by atoms with van der Waals surface area (Å²) < 4.78 is 28.0. The number of hydrogen-bond donors (Lipinski definition) is 2. The highest BCUT2D eigenvalue weighted by Crippen LogP contribution is 2.22. The van der Waals surface area contributed by atoms with E-state index >= 15 is 0 Å². The summed E-state index contributed by atoms with van der Waals surface area (Å²) in [5.74, 6) is -0.155. The molecule has 0 aliphatic rings. The number of nitrogens with one attached hydrogen (secondary N) is 2. The molecule has 6 heteroatoms. The highest BCUT2D eigenvalue weighted by molar-refractivity contribution is 7.92. The van der Waals surface area contributed by atoms with Gasteiger partial charge in [-0.15, -0.1) is 0 Å². The average Bonchev–Trinajstić information content (AvgIpc) is 2.67. The van der Waals surface area contributed by atoms with E-state index in [2.05, 4.69) is 10.0 Å². The van der Waals surface area contributed by atoms with Crippen LogP contribution in [-0.4, -0.2) is 14.3 Å². The first-order valence-electron chi connectivity index (χ1n) is 9.28. The zero-order valence-corrected chi connectivity index (χ0v) is 17.5. The molecule has 0 saturated heterocycles. The van der Waals surface area contributed by atoms with Gasteiger partial charge in [0.05, 0.1) is 17.0 Å². The van der Waals surface area contributed by atoms with Gasteiger partial charge >= 0.3 is 0 Å². The van der Waals surface area contributed by atoms with Gasteiger partial charge in [0.25, 0.3) is 10.0 Å². The Bertz CT molecular complexity index is 1120. The van der Waals surface area contributed by atoms with Crippen molar-refractivity contribution in [2.24, 2.45) is 0 Å². The minimum atomic E-state index is -3.71. The number of benzene rings is 3. The quantitative estimate of drug-likeness (QED) is 0.626. The Hall–Kier alpha value is -3.12. The molecule has 0 aliphatic carbocycles. The predicted molar refractivity (Wildman–Crippen MR) is 117 cm³/mol. The number of carbonyl (C=O) groups excluding carboxylic acids is 1. The highest BCUT2D eigenvalue weighted by Gasteiger charge is 2.15. The van der Waals surface area contributed by atoms with E-state index in [1.165, 1.54) is 12.1 Å². The number of rotatable bonds is 6. The normalized spacial score (nSPS) is 11.1. The molecule has 5 nitrogen and oxygen atoms in total. The van der Waals surface area contributed by atoms with Crippen molar-refractivity contribution in [3.63, 3.8) is 0 Å². The SMILES string of the molecule is Cc1ccc(CC(=O)Nc2ccc(S(=O)(=O)Nc3cc(C)ccc3C)cc2)cc1. The van der Waals surface area contributed by atoms with E-state index in [1.807, 2.05) is 57.2 Å². The zero-order valence-electron chi connectivity index (χ0n) is 16.7. The molecule has 3 rings (SSSR count). The maximum absolute atomic E-state index is 12.7. The summed E-state index contributed by atoms with van der Waals surface area (Å²) in [5, 5.41) is 2.80. The molecule has 0 unspecified atom stereocenters. The third-order valence-corrected chi connectivity index (χ3v) is 5.95. The third-order valence-electron chi connectivity index (χ3n) is 4.57. The molecule has 0 heterocycles. The third kappa shape index (κ3) is 5.45. The van der Waals surface area contributed by atoms with E-state index < -0.39 is 10.0 Å². The Balaban J connectivity index is 1.68. The second-order valence-electron chi connectivity index (χ2n) is 7.16. The van der Waals surface area contributed by atoms with Gasteiger partial charge < -0.3 is 5.32 Å². The predicted octanol–water partition coefficient (Wildman–Crippen LogP) is 4.59. The molecule has 0 atom stereocenters. The topological polar surface area (TPSA) is 75.3 Å². The first-order valence-corrected chi connectivity index (χ1v) is 10.8. The molecular weight excluding hydrogens is 384 g/mol. The lowest BCUT2D eigenvalue weighted by Gasteiger charge is -2.12. The minimum absolute atomic E-state index is 0.134. The summed E-state index contributed by atoms with van der Waals surface area (Å²) in [6.45, 7) is 5.75. The Labute approximate surface area is 171 Å². The smallest absolute Gasteiger partial charge is 0.261 e. The average molecular weight is 409 g/mol. The van der Waals surface area contributed by atoms with Gasteiger partial charge in [-0.1, -0.05) is 42.0 Å². The Kier molecular flexibility index (Phi) is 6.03. The second-order valence-corrected chi connectivity index (χ2v) is 8.84. The van der Waals surface area contributed by atoms with Crippen LogP contribution in [0.2, 0.25) is 0 Å². The van der Waals surface area contributed by atoms with Crippen molar-refractivity contribution in [1.82, 2.24) is 0 Å². The fraction of sp³-hybridized carbons (Fsp3) is 0.174. The number of aryl methyl sites for hydroxylation is 3. The molecule has 0 aliphatic heterocycles. The van der Waals surface area contributed by atoms with Crippen molar-refractivity contribution in [2.75, 3.05) is 10.0 Å². The van der Waals surface area contributed by atoms with Crippen LogP contribution in [0.3, 0.4) is 0 Å². The molecule has 29 heavy (non-hydrogen) atoms. The fourth-order valence-electron chi connectivity index (χ4n) is 2.86. The van der Waals surface area contributed by atoms with E-state index in [0.29, 0.717) is 11.4 Å². The van der Waals surface area contributed by atoms with Gasteiger partial charge in [0.1, 0.15) is 0 Å². The van der Waals surface area contributed by atoms with Crippen LogP contribution in [0.15, 0.2) is 71.6 Å². The molecule has 2 N–H and O–H groups in total.